The van der Waals surface area contributed by atoms with E-state index in [1.165, 1.54) is 27.6 Å². The van der Waals surface area contributed by atoms with Crippen molar-refractivity contribution < 1.29 is 181 Å². The van der Waals surface area contributed by atoms with Crippen LogP contribution in [-0.4, -0.2) is 351 Å². The first-order valence-electron chi connectivity index (χ1n) is 46.4. The molecule has 4 aromatic carbocycles. The molecule has 0 radical (unpaired) electrons. The third kappa shape index (κ3) is 51.7. The van der Waals surface area contributed by atoms with Crippen molar-refractivity contribution in [2.45, 2.75) is 104 Å². The average molecular weight is 2080 g/mol. The zero-order valence-electron chi connectivity index (χ0n) is 83.2. The van der Waals surface area contributed by atoms with Crippen molar-refractivity contribution in [3.63, 3.8) is 0 Å². The maximum absolute atomic E-state index is 15.1. The second kappa shape index (κ2) is 73.9. The number of hydrogen-bond donors (Lipinski definition) is 1. The Kier molecular flexibility index (Phi) is 63.3. The molecule has 0 fully saturated rings. The van der Waals surface area contributed by atoms with Crippen molar-refractivity contribution >= 4 is 117 Å². The molecule has 2 aromatic heterocycles. The molecule has 42 nitrogen and oxygen atoms in total. The largest absolute Gasteiger partial charge is 0.484 e. The lowest BCUT2D eigenvalue weighted by Crippen LogP contribution is -2.65. The summed E-state index contributed by atoms with van der Waals surface area (Å²) in [6, 6.07) is 24.7. The van der Waals surface area contributed by atoms with Gasteiger partial charge in [-0.2, -0.15) is 0 Å². The average Bonchev–Trinajstić information content (AvgIpc) is 0.779. The Hall–Kier alpha value is -11.1. The van der Waals surface area contributed by atoms with Gasteiger partial charge in [-0.25, -0.2) is 33.6 Å². The van der Waals surface area contributed by atoms with Gasteiger partial charge in [-0.1, -0.05) is 70.3 Å². The molecule has 44 heteroatoms. The molecular weight excluding hydrogens is 1950 g/mol. The van der Waals surface area contributed by atoms with Crippen LogP contribution in [0.4, 0.5) is 0 Å². The van der Waals surface area contributed by atoms with Gasteiger partial charge in [0, 0.05) is 82.9 Å². The van der Waals surface area contributed by atoms with Crippen molar-refractivity contribution in [3.05, 3.63) is 194 Å². The summed E-state index contributed by atoms with van der Waals surface area (Å²) in [5.74, 6) is -4.69. The van der Waals surface area contributed by atoms with E-state index in [0.29, 0.717) is 27.3 Å². The number of benzene rings is 4. The molecule has 0 saturated carbocycles. The standard InChI is InChI=1S/C55H75NO22S.C46H61NO18S/c1-9-50(58)71-31-23-63-19-27-67-40(5)56(49(57)36-75-44-17-18-48-46(35-44)54(62)45-15-13-14-16-47(45)79-48)55(37-76-41(6)68-28-20-64-24-32-72-51(59)10-2,38-77-42(7)69-29-21-65-25-33-73-52(60)11-3)39-78-43(8)70-30-22-66-26-34-74-53(61)12-4;1-7-42(49)59-25-19-53-16-22-56-33(4)63-30-46(31-64-34(5)57-23-17-54-20-26-60-43(50)8-2,32-65-35(6)58-24-18-55-21-27-61-44(51)9-3)47-41(48)29-62-36-14-15-40-38(28-36)45(52)37-12-10-11-13-39(37)66-40/h9-18,35,40-43H,1-4,19-34,36-39H2,5-8H3;7-15,28,33-35H,1-3,16-27,29-32H2,4-6H3,(H,47,48). The molecule has 802 valence electrons. The first kappa shape index (κ1) is 124. The van der Waals surface area contributed by atoms with Gasteiger partial charge in [0.25, 0.3) is 11.8 Å². The quantitative estimate of drug-likeness (QED) is 0.00929. The fourth-order valence-electron chi connectivity index (χ4n) is 12.3. The number of esters is 7. The molecule has 7 unspecified atom stereocenters. The zero-order valence-corrected chi connectivity index (χ0v) is 84.8. The fourth-order valence-corrected chi connectivity index (χ4v) is 14.4. The van der Waals surface area contributed by atoms with Crippen LogP contribution < -0.4 is 25.6 Å². The van der Waals surface area contributed by atoms with Crippen molar-refractivity contribution in [1.29, 1.82) is 0 Å². The van der Waals surface area contributed by atoms with Crippen LogP contribution in [0.25, 0.3) is 40.3 Å². The van der Waals surface area contributed by atoms with Crippen LogP contribution in [0.1, 0.15) is 48.5 Å². The summed E-state index contributed by atoms with van der Waals surface area (Å²) in [5.41, 5.74) is -3.39. The van der Waals surface area contributed by atoms with E-state index < -0.39 is 122 Å². The van der Waals surface area contributed by atoms with Gasteiger partial charge in [-0.3, -0.25) is 19.2 Å². The van der Waals surface area contributed by atoms with E-state index in [4.69, 9.17) is 137 Å². The Labute approximate surface area is 849 Å². The second-order valence-corrected chi connectivity index (χ2v) is 32.6. The Morgan fingerprint density at radius 2 is 0.538 bits per heavy atom. The summed E-state index contributed by atoms with van der Waals surface area (Å²) in [7, 11) is 0. The van der Waals surface area contributed by atoms with Crippen LogP contribution in [0.15, 0.2) is 183 Å². The van der Waals surface area contributed by atoms with E-state index in [0.717, 1.165) is 61.3 Å². The predicted octanol–water partition coefficient (Wildman–Crippen LogP) is 8.87. The molecule has 2 amide bonds. The lowest BCUT2D eigenvalue weighted by atomic mass is 9.99. The normalized spacial score (nSPS) is 13.5. The monoisotopic (exact) mass is 2080 g/mol. The van der Waals surface area contributed by atoms with Gasteiger partial charge in [0.15, 0.2) is 61.8 Å². The van der Waals surface area contributed by atoms with Gasteiger partial charge in [-0.15, -0.1) is 22.7 Å². The highest BCUT2D eigenvalue weighted by Crippen LogP contribution is 2.32. The summed E-state index contributed by atoms with van der Waals surface area (Å²) in [6.45, 7) is 34.6. The fraction of sp³-hybridized carbons (Fsp3) is 0.515. The number of carbonyl (C=O) groups is 9. The molecule has 7 atom stereocenters. The molecule has 0 saturated heterocycles. The number of carbonyl (C=O) groups excluding carboxylic acids is 9. The highest BCUT2D eigenvalue weighted by molar-refractivity contribution is 7.25. The smallest absolute Gasteiger partial charge is 0.330 e. The number of nitrogens with zero attached hydrogens (tertiary/aromatic N) is 1. The minimum atomic E-state index is -1.64. The Balaban J connectivity index is 0.000000519. The first-order valence-corrected chi connectivity index (χ1v) is 48.1. The molecule has 1 N–H and O–H groups in total. The minimum Gasteiger partial charge on any atom is -0.484 e. The summed E-state index contributed by atoms with van der Waals surface area (Å²) in [5, 5.41) is 4.97. The highest BCUT2D eigenvalue weighted by atomic mass is 32.1. The van der Waals surface area contributed by atoms with Crippen LogP contribution in [0, 0.1) is 0 Å². The SMILES string of the molecule is C=CC(=O)OCCOCCOC(C)OCC(COC(C)OCCOCCOC(=O)C=C)(COC(C)OCCOCCOC(=O)C=C)N(C(=O)COc1ccc2sc3ccccc3c(=O)c2c1)C(C)OCCOCCOC(=O)C=C.C=CC(=O)OCCOCCOC(C)OCC(COC(C)OCCOCCOC(=O)C=C)(COC(C)OCCOCCOC(=O)C=C)NC(=O)COc1ccc2sc3ccccc3c(=O)c2c1. The maximum atomic E-state index is 15.1. The summed E-state index contributed by atoms with van der Waals surface area (Å²) < 4.78 is 167. The van der Waals surface area contributed by atoms with Gasteiger partial charge in [-0.05, 0) is 109 Å². The molecule has 0 spiro atoms. The van der Waals surface area contributed by atoms with Crippen LogP contribution in [-0.2, 0) is 171 Å². The van der Waals surface area contributed by atoms with E-state index in [1.807, 2.05) is 24.3 Å². The highest BCUT2D eigenvalue weighted by Gasteiger charge is 2.46. The lowest BCUT2D eigenvalue weighted by molar-refractivity contribution is -0.238. The number of ether oxygens (including phenoxy) is 29. The van der Waals surface area contributed by atoms with Crippen molar-refractivity contribution in [3.8, 4) is 11.5 Å². The van der Waals surface area contributed by atoms with Crippen LogP contribution in [0.5, 0.6) is 11.5 Å². The van der Waals surface area contributed by atoms with Crippen molar-refractivity contribution in [2.75, 3.05) is 238 Å². The van der Waals surface area contributed by atoms with Gasteiger partial charge < -0.3 is 148 Å². The van der Waals surface area contributed by atoms with Crippen LogP contribution >= 0.6 is 22.7 Å². The Morgan fingerprint density at radius 1 is 0.297 bits per heavy atom. The van der Waals surface area contributed by atoms with E-state index in [9.17, 15) is 47.9 Å². The molecule has 0 aliphatic heterocycles. The third-order valence-corrected chi connectivity index (χ3v) is 21.8. The number of nitrogens with one attached hydrogen (secondary N) is 1. The van der Waals surface area contributed by atoms with Gasteiger partial charge in [0.1, 0.15) is 75.1 Å². The summed E-state index contributed by atoms with van der Waals surface area (Å²) >= 11 is 2.92. The molecule has 2 heterocycles. The van der Waals surface area contributed by atoms with Gasteiger partial charge in [0.2, 0.25) is 0 Å². The van der Waals surface area contributed by atoms with Crippen molar-refractivity contribution in [1.82, 2.24) is 10.2 Å². The first-order chi connectivity index (χ1) is 70.0. The number of amides is 2. The molecule has 0 bridgehead atoms. The van der Waals surface area contributed by atoms with E-state index in [2.05, 4.69) is 51.4 Å². The van der Waals surface area contributed by atoms with E-state index in [1.54, 1.807) is 109 Å². The molecule has 0 aliphatic carbocycles. The molecule has 0 aliphatic rings. The molecular formula is C101H136N2O40S2. The van der Waals surface area contributed by atoms with Crippen LogP contribution in [0.3, 0.4) is 0 Å². The Bertz CT molecular complexity index is 4850. The number of fused-ring (bicyclic) bond motifs is 4. The molecule has 145 heavy (non-hydrogen) atoms. The predicted molar refractivity (Wildman–Crippen MR) is 530 cm³/mol. The van der Waals surface area contributed by atoms with Crippen molar-refractivity contribution in [2.24, 2.45) is 0 Å². The summed E-state index contributed by atoms with van der Waals surface area (Å²) in [4.78, 5) is 137. The number of hydrogen-bond acceptors (Lipinski definition) is 42. The van der Waals surface area contributed by atoms with Gasteiger partial charge >= 0.3 is 41.8 Å². The zero-order chi connectivity index (χ0) is 106. The van der Waals surface area contributed by atoms with E-state index in [-0.39, 0.29) is 241 Å². The minimum absolute atomic E-state index is 0.00745. The summed E-state index contributed by atoms with van der Waals surface area (Å²) in [6.07, 6.45) is 1.01. The second-order valence-electron chi connectivity index (χ2n) is 30.4. The van der Waals surface area contributed by atoms with E-state index >= 15 is 4.79 Å². The molecule has 6 rings (SSSR count). The lowest BCUT2D eigenvalue weighted by Gasteiger charge is -2.46. The maximum Gasteiger partial charge on any atom is 0.330 e. The van der Waals surface area contributed by atoms with Gasteiger partial charge in [0.05, 0.1) is 178 Å². The molecule has 6 aromatic rings. The Morgan fingerprint density at radius 3 is 0.814 bits per heavy atom. The topological polar surface area (TPSA) is 471 Å². The third-order valence-electron chi connectivity index (χ3n) is 19.5. The van der Waals surface area contributed by atoms with Crippen LogP contribution in [0.2, 0.25) is 0 Å². The number of rotatable bonds is 83.